The zero-order valence-corrected chi connectivity index (χ0v) is 12.5. The minimum Gasteiger partial charge on any atom is -0.477 e. The molecule has 21 heavy (non-hydrogen) atoms. The smallest absolute Gasteiger partial charge is 0.353 e. The number of hydrogen-bond donors (Lipinski definition) is 1. The third kappa shape index (κ3) is 1.93. The second-order valence-electron chi connectivity index (χ2n) is 4.90. The molecular weight excluding hydrogens is 310 g/mol. The predicted molar refractivity (Wildman–Crippen MR) is 80.3 cm³/mol. The van der Waals surface area contributed by atoms with E-state index in [1.807, 2.05) is 18.0 Å². The molecule has 1 aromatic rings. The highest BCUT2D eigenvalue weighted by Crippen LogP contribution is 2.45. The van der Waals surface area contributed by atoms with Gasteiger partial charge in [0.15, 0.2) is 0 Å². The number of aromatic nitrogens is 2. The van der Waals surface area contributed by atoms with Crippen molar-refractivity contribution in [1.29, 1.82) is 0 Å². The Bertz CT molecular complexity index is 699. The van der Waals surface area contributed by atoms with Crippen molar-refractivity contribution >= 4 is 41.5 Å². The van der Waals surface area contributed by atoms with E-state index in [4.69, 9.17) is 5.11 Å². The highest BCUT2D eigenvalue weighted by molar-refractivity contribution is 8.03. The Hall–Kier alpha value is -1.67. The van der Waals surface area contributed by atoms with Crippen molar-refractivity contribution in [3.05, 3.63) is 34.4 Å². The fraction of sp³-hybridized carbons (Fsp3) is 0.308. The van der Waals surface area contributed by atoms with E-state index < -0.39 is 5.97 Å². The first-order chi connectivity index (χ1) is 10.1. The van der Waals surface area contributed by atoms with E-state index in [0.717, 1.165) is 29.6 Å². The molecule has 1 unspecified atom stereocenters. The number of imidazole rings is 1. The lowest BCUT2D eigenvalue weighted by Gasteiger charge is -2.36. The average molecular weight is 321 g/mol. The van der Waals surface area contributed by atoms with Crippen LogP contribution < -0.4 is 0 Å². The minimum absolute atomic E-state index is 0.0627. The highest BCUT2D eigenvalue weighted by Gasteiger charge is 2.49. The van der Waals surface area contributed by atoms with Crippen molar-refractivity contribution < 1.29 is 14.7 Å². The summed E-state index contributed by atoms with van der Waals surface area (Å²) in [6, 6.07) is 0. The molecule has 0 bridgehead atoms. The SMILES string of the molecule is O=C(O)C1=CSC2C(=Cc3cn4c(n3)CSCC4)C(=O)N12. The monoisotopic (exact) mass is 321 g/mol. The third-order valence-corrected chi connectivity index (χ3v) is 5.66. The van der Waals surface area contributed by atoms with Gasteiger partial charge in [-0.05, 0) is 6.08 Å². The Labute approximate surface area is 128 Å². The van der Waals surface area contributed by atoms with Gasteiger partial charge < -0.3 is 9.67 Å². The lowest BCUT2D eigenvalue weighted by Crippen LogP contribution is -2.51. The second kappa shape index (κ2) is 4.67. The molecule has 0 saturated carbocycles. The largest absolute Gasteiger partial charge is 0.477 e. The number of rotatable bonds is 2. The molecular formula is C13H11N3O3S2. The zero-order valence-electron chi connectivity index (χ0n) is 10.9. The zero-order chi connectivity index (χ0) is 14.6. The van der Waals surface area contributed by atoms with Crippen LogP contribution in [0.5, 0.6) is 0 Å². The van der Waals surface area contributed by atoms with Crippen LogP contribution in [0, 0.1) is 0 Å². The quantitative estimate of drug-likeness (QED) is 0.655. The van der Waals surface area contributed by atoms with Crippen LogP contribution in [-0.4, -0.2) is 42.6 Å². The molecule has 4 rings (SSSR count). The maximum absolute atomic E-state index is 12.1. The van der Waals surface area contributed by atoms with Gasteiger partial charge >= 0.3 is 5.97 Å². The van der Waals surface area contributed by atoms with Crippen LogP contribution in [0.15, 0.2) is 22.9 Å². The number of carbonyl (C=O) groups excluding carboxylic acids is 1. The van der Waals surface area contributed by atoms with Crippen LogP contribution in [0.3, 0.4) is 0 Å². The van der Waals surface area contributed by atoms with Gasteiger partial charge in [-0.25, -0.2) is 9.78 Å². The van der Waals surface area contributed by atoms with Crippen molar-refractivity contribution in [3.8, 4) is 0 Å². The van der Waals surface area contributed by atoms with Crippen molar-refractivity contribution in [2.75, 3.05) is 5.75 Å². The molecule has 8 heteroatoms. The van der Waals surface area contributed by atoms with E-state index in [1.165, 1.54) is 22.1 Å². The Kier molecular flexibility index (Phi) is 2.90. The summed E-state index contributed by atoms with van der Waals surface area (Å²) < 4.78 is 2.12. The first-order valence-electron chi connectivity index (χ1n) is 6.43. The molecule has 1 N–H and O–H groups in total. The molecule has 0 aliphatic carbocycles. The number of fused-ring (bicyclic) bond motifs is 2. The van der Waals surface area contributed by atoms with Crippen molar-refractivity contribution in [1.82, 2.24) is 14.5 Å². The van der Waals surface area contributed by atoms with E-state index in [2.05, 4.69) is 9.55 Å². The summed E-state index contributed by atoms with van der Waals surface area (Å²) in [6.45, 7) is 0.944. The summed E-state index contributed by atoms with van der Waals surface area (Å²) in [5, 5.41) is 10.3. The van der Waals surface area contributed by atoms with E-state index in [-0.39, 0.29) is 17.0 Å². The van der Waals surface area contributed by atoms with Crippen LogP contribution in [0.4, 0.5) is 0 Å². The normalized spacial score (nSPS) is 25.4. The first-order valence-corrected chi connectivity index (χ1v) is 8.53. The predicted octanol–water partition coefficient (Wildman–Crippen LogP) is 1.35. The average Bonchev–Trinajstić information content (AvgIpc) is 3.05. The van der Waals surface area contributed by atoms with Gasteiger partial charge in [0.2, 0.25) is 0 Å². The first kappa shape index (κ1) is 13.0. The Morgan fingerprint density at radius 2 is 2.38 bits per heavy atom. The van der Waals surface area contributed by atoms with Gasteiger partial charge in [0.05, 0.1) is 17.0 Å². The summed E-state index contributed by atoms with van der Waals surface area (Å²) in [6.07, 6.45) is 3.74. The van der Waals surface area contributed by atoms with Crippen LogP contribution in [0.1, 0.15) is 11.5 Å². The highest BCUT2D eigenvalue weighted by atomic mass is 32.2. The Morgan fingerprint density at radius 1 is 1.52 bits per heavy atom. The molecule has 0 radical (unpaired) electrons. The van der Waals surface area contributed by atoms with E-state index >= 15 is 0 Å². The van der Waals surface area contributed by atoms with Gasteiger partial charge in [0, 0.05) is 23.9 Å². The molecule has 0 aromatic carbocycles. The number of amides is 1. The molecule has 0 spiro atoms. The summed E-state index contributed by atoms with van der Waals surface area (Å²) in [5.41, 5.74) is 1.46. The van der Waals surface area contributed by atoms with Crippen molar-refractivity contribution in [2.45, 2.75) is 17.7 Å². The number of hydrogen-bond acceptors (Lipinski definition) is 5. The second-order valence-corrected chi connectivity index (χ2v) is 6.96. The van der Waals surface area contributed by atoms with Gasteiger partial charge in [-0.2, -0.15) is 11.8 Å². The van der Waals surface area contributed by atoms with Crippen LogP contribution in [0.25, 0.3) is 6.08 Å². The van der Waals surface area contributed by atoms with Gasteiger partial charge in [-0.15, -0.1) is 11.8 Å². The third-order valence-electron chi connectivity index (χ3n) is 3.64. The standard InChI is InChI=1S/C13H11N3O3S2/c17-11-8(12-16(11)9(5-21-12)13(18)19)3-7-4-15-1-2-20-6-10(15)14-7/h3-5,12H,1-2,6H2,(H,18,19). The van der Waals surface area contributed by atoms with Crippen molar-refractivity contribution in [2.24, 2.45) is 0 Å². The van der Waals surface area contributed by atoms with E-state index in [1.54, 1.807) is 6.08 Å². The molecule has 4 heterocycles. The van der Waals surface area contributed by atoms with Crippen molar-refractivity contribution in [3.63, 3.8) is 0 Å². The van der Waals surface area contributed by atoms with Gasteiger partial charge in [-0.1, -0.05) is 0 Å². The fourth-order valence-corrected chi connectivity index (χ4v) is 4.61. The van der Waals surface area contributed by atoms with Crippen LogP contribution in [-0.2, 0) is 21.9 Å². The lowest BCUT2D eigenvalue weighted by atomic mass is 10.0. The Balaban J connectivity index is 1.60. The lowest BCUT2D eigenvalue weighted by molar-refractivity contribution is -0.141. The Morgan fingerprint density at radius 3 is 3.14 bits per heavy atom. The number of β-lactam (4-membered cyclic amide) rings is 1. The molecule has 3 aliphatic heterocycles. The molecule has 1 atom stereocenters. The summed E-state index contributed by atoms with van der Waals surface area (Å²) >= 11 is 3.20. The molecule has 1 aromatic heterocycles. The number of thioether (sulfide) groups is 2. The molecule has 108 valence electrons. The number of aryl methyl sites for hydroxylation is 1. The van der Waals surface area contributed by atoms with Gasteiger partial charge in [0.25, 0.3) is 5.91 Å². The molecule has 6 nitrogen and oxygen atoms in total. The number of carboxylic acid groups (broad SMARTS) is 1. The summed E-state index contributed by atoms with van der Waals surface area (Å²) in [5.74, 6) is 1.71. The van der Waals surface area contributed by atoms with Crippen LogP contribution >= 0.6 is 23.5 Å². The summed E-state index contributed by atoms with van der Waals surface area (Å²) in [7, 11) is 0. The van der Waals surface area contributed by atoms with Gasteiger partial charge in [0.1, 0.15) is 16.9 Å². The van der Waals surface area contributed by atoms with E-state index in [0.29, 0.717) is 5.57 Å². The summed E-state index contributed by atoms with van der Waals surface area (Å²) in [4.78, 5) is 29.0. The van der Waals surface area contributed by atoms with Crippen LogP contribution in [0.2, 0.25) is 0 Å². The number of aliphatic carboxylic acids is 1. The topological polar surface area (TPSA) is 75.4 Å². The maximum Gasteiger partial charge on any atom is 0.353 e. The molecule has 1 saturated heterocycles. The maximum atomic E-state index is 12.1. The van der Waals surface area contributed by atoms with Gasteiger partial charge in [-0.3, -0.25) is 9.69 Å². The minimum atomic E-state index is -1.06. The number of nitrogens with zero attached hydrogens (tertiary/aromatic N) is 3. The number of carbonyl (C=O) groups is 2. The molecule has 1 amide bonds. The van der Waals surface area contributed by atoms with E-state index in [9.17, 15) is 9.59 Å². The fourth-order valence-electron chi connectivity index (χ4n) is 2.61. The molecule has 1 fully saturated rings. The molecule has 3 aliphatic rings. The number of carboxylic acids is 1.